The lowest BCUT2D eigenvalue weighted by atomic mass is 10.0. The number of pyridine rings is 1. The van der Waals surface area contributed by atoms with Crippen LogP contribution in [-0.2, 0) is 4.79 Å². The number of amides is 1. The summed E-state index contributed by atoms with van der Waals surface area (Å²) in [7, 11) is 0. The zero-order chi connectivity index (χ0) is 22.8. The van der Waals surface area contributed by atoms with Gasteiger partial charge in [-0.2, -0.15) is 0 Å². The number of carbonyl (C=O) groups is 1. The van der Waals surface area contributed by atoms with Crippen LogP contribution in [0.3, 0.4) is 0 Å². The Bertz CT molecular complexity index is 1270. The van der Waals surface area contributed by atoms with Gasteiger partial charge in [-0.3, -0.25) is 14.7 Å². The fourth-order valence-electron chi connectivity index (χ4n) is 4.32. The third kappa shape index (κ3) is 4.37. The minimum Gasteiger partial charge on any atom is -0.368 e. The lowest BCUT2D eigenvalue weighted by molar-refractivity contribution is -0.123. The Balaban J connectivity index is 1.43. The van der Waals surface area contributed by atoms with E-state index in [2.05, 4.69) is 14.8 Å². The first-order valence-corrected chi connectivity index (χ1v) is 11.2. The Kier molecular flexibility index (Phi) is 5.90. The van der Waals surface area contributed by atoms with Crippen LogP contribution in [0.1, 0.15) is 11.6 Å². The highest BCUT2D eigenvalue weighted by Gasteiger charge is 2.30. The summed E-state index contributed by atoms with van der Waals surface area (Å²) in [5, 5.41) is 1.63. The first-order valence-electron chi connectivity index (χ1n) is 10.8. The van der Waals surface area contributed by atoms with Crippen molar-refractivity contribution in [2.75, 3.05) is 31.1 Å². The number of hydrogen-bond acceptors (Lipinski definition) is 6. The van der Waals surface area contributed by atoms with E-state index in [-0.39, 0.29) is 5.91 Å². The molecule has 0 spiro atoms. The van der Waals surface area contributed by atoms with E-state index < -0.39 is 6.04 Å². The van der Waals surface area contributed by atoms with E-state index in [4.69, 9.17) is 27.3 Å². The average Bonchev–Trinajstić information content (AvgIpc) is 2.85. The zero-order valence-electron chi connectivity index (χ0n) is 17.9. The summed E-state index contributed by atoms with van der Waals surface area (Å²) in [5.74, 6) is 1.17. The molecule has 1 aliphatic rings. The van der Waals surface area contributed by atoms with E-state index in [1.807, 2.05) is 48.5 Å². The van der Waals surface area contributed by atoms with Crippen LogP contribution in [-0.4, -0.2) is 51.9 Å². The third-order valence-corrected chi connectivity index (χ3v) is 6.19. The molecule has 3 heterocycles. The molecule has 0 radical (unpaired) electrons. The maximum atomic E-state index is 12.3. The molecule has 1 atom stereocenters. The highest BCUT2D eigenvalue weighted by Crippen LogP contribution is 2.30. The SMILES string of the molecule is NC(=O)[C@H](c1ccc(Cl)cc1)N1CCN(c2nc(-c3cccnc3)nc3ccccc23)CC1. The predicted molar refractivity (Wildman–Crippen MR) is 130 cm³/mol. The molecule has 1 amide bonds. The highest BCUT2D eigenvalue weighted by molar-refractivity contribution is 6.30. The first kappa shape index (κ1) is 21.3. The molecule has 2 aromatic carbocycles. The molecule has 4 aromatic rings. The number of nitrogens with two attached hydrogens (primary N) is 1. The molecule has 166 valence electrons. The van der Waals surface area contributed by atoms with Crippen molar-refractivity contribution in [3.05, 3.63) is 83.6 Å². The van der Waals surface area contributed by atoms with E-state index in [1.165, 1.54) is 0 Å². The average molecular weight is 459 g/mol. The number of aromatic nitrogens is 3. The number of anilines is 1. The van der Waals surface area contributed by atoms with Gasteiger partial charge in [0, 0.05) is 54.5 Å². The van der Waals surface area contributed by atoms with Crippen molar-refractivity contribution in [2.45, 2.75) is 6.04 Å². The van der Waals surface area contributed by atoms with Crippen molar-refractivity contribution in [3.63, 3.8) is 0 Å². The van der Waals surface area contributed by atoms with Crippen molar-refractivity contribution in [3.8, 4) is 11.4 Å². The second-order valence-electron chi connectivity index (χ2n) is 8.01. The zero-order valence-corrected chi connectivity index (χ0v) is 18.7. The number of nitrogens with zero attached hydrogens (tertiary/aromatic N) is 5. The van der Waals surface area contributed by atoms with Gasteiger partial charge in [0.25, 0.3) is 0 Å². The molecule has 7 nitrogen and oxygen atoms in total. The molecular formula is C25H23ClN6O. The second-order valence-corrected chi connectivity index (χ2v) is 8.45. The molecule has 1 aliphatic heterocycles. The normalized spacial score (nSPS) is 15.5. The molecule has 0 saturated carbocycles. The summed E-state index contributed by atoms with van der Waals surface area (Å²) in [6, 6.07) is 18.7. The summed E-state index contributed by atoms with van der Waals surface area (Å²) in [6.45, 7) is 2.78. The lowest BCUT2D eigenvalue weighted by Gasteiger charge is -2.39. The molecular weight excluding hydrogens is 436 g/mol. The number of halogens is 1. The molecule has 1 fully saturated rings. The van der Waals surface area contributed by atoms with Gasteiger partial charge in [-0.05, 0) is 42.0 Å². The van der Waals surface area contributed by atoms with Crippen LogP contribution in [0.2, 0.25) is 5.02 Å². The topological polar surface area (TPSA) is 88.2 Å². The van der Waals surface area contributed by atoms with Crippen LogP contribution in [0, 0.1) is 0 Å². The quantitative estimate of drug-likeness (QED) is 0.490. The van der Waals surface area contributed by atoms with Gasteiger partial charge in [0.1, 0.15) is 11.9 Å². The van der Waals surface area contributed by atoms with E-state index in [9.17, 15) is 4.79 Å². The van der Waals surface area contributed by atoms with E-state index >= 15 is 0 Å². The first-order chi connectivity index (χ1) is 16.1. The number of fused-ring (bicyclic) bond motifs is 1. The molecule has 33 heavy (non-hydrogen) atoms. The standard InChI is InChI=1S/C25H23ClN6O/c26-19-9-7-17(8-10-19)22(23(27)33)31-12-14-32(15-13-31)25-20-5-1-2-6-21(20)29-24(30-25)18-4-3-11-28-16-18/h1-11,16,22H,12-15H2,(H2,27,33)/t22-/m0/s1. The Morgan fingerprint density at radius 3 is 2.39 bits per heavy atom. The molecule has 8 heteroatoms. The van der Waals surface area contributed by atoms with Gasteiger partial charge in [-0.1, -0.05) is 35.9 Å². The van der Waals surface area contributed by atoms with Crippen LogP contribution >= 0.6 is 11.6 Å². The van der Waals surface area contributed by atoms with E-state index in [0.29, 0.717) is 37.0 Å². The van der Waals surface area contributed by atoms with Gasteiger partial charge in [0.05, 0.1) is 5.52 Å². The lowest BCUT2D eigenvalue weighted by Crippen LogP contribution is -2.50. The Hall–Kier alpha value is -3.55. The van der Waals surface area contributed by atoms with Gasteiger partial charge < -0.3 is 10.6 Å². The minimum absolute atomic E-state index is 0.364. The Morgan fingerprint density at radius 2 is 1.70 bits per heavy atom. The summed E-state index contributed by atoms with van der Waals surface area (Å²) < 4.78 is 0. The maximum absolute atomic E-state index is 12.3. The number of primary amides is 1. The molecule has 0 unspecified atom stereocenters. The number of benzene rings is 2. The van der Waals surface area contributed by atoms with Crippen LogP contribution in [0.15, 0.2) is 73.1 Å². The molecule has 2 N–H and O–H groups in total. The molecule has 0 aliphatic carbocycles. The van der Waals surface area contributed by atoms with Crippen LogP contribution in [0.4, 0.5) is 5.82 Å². The van der Waals surface area contributed by atoms with Crippen molar-refractivity contribution in [2.24, 2.45) is 5.73 Å². The van der Waals surface area contributed by atoms with Gasteiger partial charge in [-0.15, -0.1) is 0 Å². The largest absolute Gasteiger partial charge is 0.368 e. The molecule has 1 saturated heterocycles. The van der Waals surface area contributed by atoms with Crippen molar-refractivity contribution in [1.82, 2.24) is 19.9 Å². The van der Waals surface area contributed by atoms with Crippen LogP contribution in [0.25, 0.3) is 22.3 Å². The second kappa shape index (κ2) is 9.13. The summed E-state index contributed by atoms with van der Waals surface area (Å²) in [5.41, 5.74) is 8.41. The monoisotopic (exact) mass is 458 g/mol. The van der Waals surface area contributed by atoms with Gasteiger partial charge in [-0.25, -0.2) is 9.97 Å². The predicted octanol–water partition coefficient (Wildman–Crippen LogP) is 3.69. The van der Waals surface area contributed by atoms with Crippen LogP contribution < -0.4 is 10.6 Å². The maximum Gasteiger partial charge on any atom is 0.239 e. The number of rotatable bonds is 5. The fourth-order valence-corrected chi connectivity index (χ4v) is 4.44. The van der Waals surface area contributed by atoms with E-state index in [0.717, 1.165) is 27.8 Å². The van der Waals surface area contributed by atoms with Gasteiger partial charge in [0.2, 0.25) is 5.91 Å². The Labute approximate surface area is 196 Å². The fraction of sp³-hybridized carbons (Fsp3) is 0.200. The van der Waals surface area contributed by atoms with Crippen molar-refractivity contribution in [1.29, 1.82) is 0 Å². The summed E-state index contributed by atoms with van der Waals surface area (Å²) in [4.78, 5) is 30.6. The molecule has 5 rings (SSSR count). The van der Waals surface area contributed by atoms with E-state index in [1.54, 1.807) is 24.5 Å². The Morgan fingerprint density at radius 1 is 0.939 bits per heavy atom. The summed E-state index contributed by atoms with van der Waals surface area (Å²) >= 11 is 6.02. The van der Waals surface area contributed by atoms with Gasteiger partial charge >= 0.3 is 0 Å². The number of para-hydroxylation sites is 1. The summed E-state index contributed by atoms with van der Waals surface area (Å²) in [6.07, 6.45) is 3.51. The number of hydrogen-bond donors (Lipinski definition) is 1. The van der Waals surface area contributed by atoms with Gasteiger partial charge in [0.15, 0.2) is 5.82 Å². The smallest absolute Gasteiger partial charge is 0.239 e. The third-order valence-electron chi connectivity index (χ3n) is 5.94. The van der Waals surface area contributed by atoms with Crippen molar-refractivity contribution >= 4 is 34.2 Å². The number of carbonyl (C=O) groups excluding carboxylic acids is 1. The van der Waals surface area contributed by atoms with Crippen molar-refractivity contribution < 1.29 is 4.79 Å². The minimum atomic E-state index is -0.488. The highest BCUT2D eigenvalue weighted by atomic mass is 35.5. The molecule has 0 bridgehead atoms. The molecule has 2 aromatic heterocycles. The van der Waals surface area contributed by atoms with Crippen LogP contribution in [0.5, 0.6) is 0 Å². The number of piperazine rings is 1.